The number of halogens is 2. The summed E-state index contributed by atoms with van der Waals surface area (Å²) in [5.74, 6) is -2.19. The van der Waals surface area contributed by atoms with Gasteiger partial charge in [-0.2, -0.15) is 0 Å². The zero-order valence-corrected chi connectivity index (χ0v) is 15.7. The third kappa shape index (κ3) is 4.07. The van der Waals surface area contributed by atoms with E-state index in [1.807, 2.05) is 0 Å². The topological polar surface area (TPSA) is 72.2 Å². The van der Waals surface area contributed by atoms with E-state index in [9.17, 15) is 18.4 Å². The highest BCUT2D eigenvalue weighted by Crippen LogP contribution is 2.39. The zero-order chi connectivity index (χ0) is 18.8. The largest absolute Gasteiger partial charge is 0.365 e. The van der Waals surface area contributed by atoms with Crippen LogP contribution in [-0.4, -0.2) is 17.6 Å². The first kappa shape index (κ1) is 18.8. The molecule has 3 rings (SSSR count). The lowest BCUT2D eigenvalue weighted by Gasteiger charge is -2.18. The number of primary amides is 1. The third-order valence-electron chi connectivity index (χ3n) is 4.27. The molecule has 1 aliphatic rings. The van der Waals surface area contributed by atoms with E-state index in [-0.39, 0.29) is 11.7 Å². The minimum atomic E-state index is -0.952. The molecule has 0 saturated heterocycles. The number of hydrogen-bond donors (Lipinski definition) is 2. The molecule has 0 aliphatic heterocycles. The lowest BCUT2D eigenvalue weighted by molar-refractivity contribution is -0.113. The van der Waals surface area contributed by atoms with Gasteiger partial charge < -0.3 is 11.1 Å². The van der Waals surface area contributed by atoms with Crippen molar-refractivity contribution in [2.45, 2.75) is 31.1 Å². The van der Waals surface area contributed by atoms with Crippen LogP contribution < -0.4 is 11.1 Å². The minimum Gasteiger partial charge on any atom is -0.365 e. The number of nitrogens with one attached hydrogen (secondary N) is 1. The highest BCUT2D eigenvalue weighted by molar-refractivity contribution is 8.00. The second-order valence-electron chi connectivity index (χ2n) is 6.33. The van der Waals surface area contributed by atoms with E-state index in [1.165, 1.54) is 17.4 Å². The van der Waals surface area contributed by atoms with Crippen LogP contribution in [0.3, 0.4) is 0 Å². The number of carbonyl (C=O) groups is 2. The van der Waals surface area contributed by atoms with Crippen molar-refractivity contribution in [2.75, 3.05) is 11.1 Å². The van der Waals surface area contributed by atoms with Crippen LogP contribution in [0.4, 0.5) is 13.8 Å². The van der Waals surface area contributed by atoms with Crippen LogP contribution in [0, 0.1) is 17.6 Å². The summed E-state index contributed by atoms with van der Waals surface area (Å²) in [6.07, 6.45) is 2.65. The van der Waals surface area contributed by atoms with Crippen LogP contribution in [0.15, 0.2) is 23.1 Å². The van der Waals surface area contributed by atoms with Gasteiger partial charge in [0.25, 0.3) is 5.91 Å². The Morgan fingerprint density at radius 2 is 2.12 bits per heavy atom. The molecule has 1 heterocycles. The Labute approximate surface area is 158 Å². The summed E-state index contributed by atoms with van der Waals surface area (Å²) < 4.78 is 26.2. The molecule has 0 spiro atoms. The Morgan fingerprint density at radius 1 is 1.35 bits per heavy atom. The summed E-state index contributed by atoms with van der Waals surface area (Å²) in [6.45, 7) is 2.16. The van der Waals surface area contributed by atoms with Crippen molar-refractivity contribution in [3.05, 3.63) is 45.8 Å². The van der Waals surface area contributed by atoms with Gasteiger partial charge in [0.15, 0.2) is 11.6 Å². The van der Waals surface area contributed by atoms with Gasteiger partial charge >= 0.3 is 0 Å². The van der Waals surface area contributed by atoms with E-state index in [4.69, 9.17) is 5.73 Å². The molecule has 8 heteroatoms. The minimum absolute atomic E-state index is 0.0161. The molecule has 4 nitrogen and oxygen atoms in total. The number of hydrogen-bond acceptors (Lipinski definition) is 4. The molecule has 0 radical (unpaired) electrons. The summed E-state index contributed by atoms with van der Waals surface area (Å²) in [5.41, 5.74) is 6.88. The van der Waals surface area contributed by atoms with Crippen molar-refractivity contribution in [2.24, 2.45) is 11.7 Å². The highest BCUT2D eigenvalue weighted by atomic mass is 32.2. The van der Waals surface area contributed by atoms with Crippen molar-refractivity contribution < 1.29 is 18.4 Å². The van der Waals surface area contributed by atoms with Crippen LogP contribution in [0.25, 0.3) is 0 Å². The van der Waals surface area contributed by atoms with Gasteiger partial charge in [-0.05, 0) is 48.9 Å². The highest BCUT2D eigenvalue weighted by Gasteiger charge is 2.27. The van der Waals surface area contributed by atoms with Gasteiger partial charge in [-0.3, -0.25) is 9.59 Å². The first-order chi connectivity index (χ1) is 12.3. The molecule has 1 aromatic carbocycles. The Bertz CT molecular complexity index is 867. The van der Waals surface area contributed by atoms with E-state index >= 15 is 0 Å². The molecule has 1 aliphatic carbocycles. The lowest BCUT2D eigenvalue weighted by atomic mass is 9.88. The molecule has 2 aromatic rings. The average molecular weight is 396 g/mol. The Kier molecular flexibility index (Phi) is 5.62. The molecule has 138 valence electrons. The molecule has 0 fully saturated rings. The molecule has 3 N–H and O–H groups in total. The molecule has 0 saturated carbocycles. The number of anilines is 1. The van der Waals surface area contributed by atoms with Crippen molar-refractivity contribution in [1.82, 2.24) is 0 Å². The summed E-state index contributed by atoms with van der Waals surface area (Å²) >= 11 is 2.49. The van der Waals surface area contributed by atoms with Gasteiger partial charge in [-0.15, -0.1) is 23.1 Å². The Morgan fingerprint density at radius 3 is 2.81 bits per heavy atom. The van der Waals surface area contributed by atoms with Crippen molar-refractivity contribution >= 4 is 39.9 Å². The number of amides is 2. The van der Waals surface area contributed by atoms with E-state index in [0.717, 1.165) is 53.6 Å². The fraction of sp³-hybridized carbons (Fsp3) is 0.333. The fourth-order valence-corrected chi connectivity index (χ4v) is 5.13. The second kappa shape index (κ2) is 7.75. The van der Waals surface area contributed by atoms with Crippen LogP contribution in [-0.2, 0) is 17.6 Å². The average Bonchev–Trinajstić information content (AvgIpc) is 2.92. The standard InChI is InChI=1S/C18H18F2N2O2S2/c1-9-2-4-11-14(6-9)26-18(16(11)17(21)24)22-15(23)8-25-10-3-5-12(19)13(20)7-10/h3,5,7,9H,2,4,6,8H2,1H3,(H2,21,24)(H,22,23)/t9-/m0/s1. The van der Waals surface area contributed by atoms with Crippen molar-refractivity contribution in [1.29, 1.82) is 0 Å². The van der Waals surface area contributed by atoms with Gasteiger partial charge in [0.2, 0.25) is 5.91 Å². The first-order valence-corrected chi connectivity index (χ1v) is 9.97. The van der Waals surface area contributed by atoms with Gasteiger partial charge in [-0.25, -0.2) is 8.78 Å². The van der Waals surface area contributed by atoms with Crippen LogP contribution >= 0.6 is 23.1 Å². The van der Waals surface area contributed by atoms with Gasteiger partial charge in [0.1, 0.15) is 5.00 Å². The first-order valence-electron chi connectivity index (χ1n) is 8.17. The maximum absolute atomic E-state index is 13.2. The lowest BCUT2D eigenvalue weighted by Crippen LogP contribution is -2.20. The molecule has 26 heavy (non-hydrogen) atoms. The number of rotatable bonds is 5. The van der Waals surface area contributed by atoms with E-state index in [0.29, 0.717) is 21.4 Å². The summed E-state index contributed by atoms with van der Waals surface area (Å²) in [6, 6.07) is 3.49. The van der Waals surface area contributed by atoms with Gasteiger partial charge in [0, 0.05) is 9.77 Å². The van der Waals surface area contributed by atoms with Crippen LogP contribution in [0.1, 0.15) is 34.1 Å². The predicted octanol–water partition coefficient (Wildman–Crippen LogP) is 3.98. The number of nitrogens with two attached hydrogens (primary N) is 1. The molecule has 0 bridgehead atoms. The Balaban J connectivity index is 1.71. The molecule has 1 atom stereocenters. The molecule has 1 aromatic heterocycles. The SMILES string of the molecule is C[C@H]1CCc2c(sc(NC(=O)CSc3ccc(F)c(F)c3)c2C(N)=O)C1. The zero-order valence-electron chi connectivity index (χ0n) is 14.1. The Hall–Kier alpha value is -1.93. The molecular weight excluding hydrogens is 378 g/mol. The van der Waals surface area contributed by atoms with E-state index in [2.05, 4.69) is 12.2 Å². The summed E-state index contributed by atoms with van der Waals surface area (Å²) in [7, 11) is 0. The number of thioether (sulfide) groups is 1. The quantitative estimate of drug-likeness (QED) is 0.751. The van der Waals surface area contributed by atoms with Crippen LogP contribution in [0.5, 0.6) is 0 Å². The number of thiophene rings is 1. The summed E-state index contributed by atoms with van der Waals surface area (Å²) in [5, 5.41) is 3.23. The molecular formula is C18H18F2N2O2S2. The predicted molar refractivity (Wildman–Crippen MR) is 99.7 cm³/mol. The third-order valence-corrected chi connectivity index (χ3v) is 6.44. The monoisotopic (exact) mass is 396 g/mol. The van der Waals surface area contributed by atoms with E-state index in [1.54, 1.807) is 0 Å². The molecule has 2 amide bonds. The van der Waals surface area contributed by atoms with Crippen LogP contribution in [0.2, 0.25) is 0 Å². The fourth-order valence-electron chi connectivity index (χ4n) is 2.98. The molecule has 0 unspecified atom stereocenters. The smallest absolute Gasteiger partial charge is 0.251 e. The van der Waals surface area contributed by atoms with Crippen molar-refractivity contribution in [3.8, 4) is 0 Å². The van der Waals surface area contributed by atoms with Gasteiger partial charge in [-0.1, -0.05) is 6.92 Å². The number of carbonyl (C=O) groups excluding carboxylic acids is 2. The van der Waals surface area contributed by atoms with Crippen molar-refractivity contribution in [3.63, 3.8) is 0 Å². The van der Waals surface area contributed by atoms with Gasteiger partial charge in [0.05, 0.1) is 11.3 Å². The summed E-state index contributed by atoms with van der Waals surface area (Å²) in [4.78, 5) is 25.7. The van der Waals surface area contributed by atoms with E-state index < -0.39 is 17.5 Å². The second-order valence-corrected chi connectivity index (χ2v) is 8.49. The number of benzene rings is 1. The number of fused-ring (bicyclic) bond motifs is 1. The maximum atomic E-state index is 13.2. The normalized spacial score (nSPS) is 16.2. The maximum Gasteiger partial charge on any atom is 0.251 e.